The van der Waals surface area contributed by atoms with Gasteiger partial charge in [-0.05, 0) is 47.4 Å². The van der Waals surface area contributed by atoms with E-state index in [1.165, 1.54) is 6.07 Å². The van der Waals surface area contributed by atoms with E-state index in [1.54, 1.807) is 18.2 Å². The number of phenols is 1. The smallest absolute Gasteiger partial charge is 0.344 e. The zero-order chi connectivity index (χ0) is 16.4. The minimum atomic E-state index is -0.441. The minimum Gasteiger partial charge on any atom is -0.508 e. The van der Waals surface area contributed by atoms with Crippen molar-refractivity contribution >= 4 is 11.0 Å². The summed E-state index contributed by atoms with van der Waals surface area (Å²) >= 11 is 0. The molecule has 0 fully saturated rings. The van der Waals surface area contributed by atoms with E-state index in [9.17, 15) is 9.90 Å². The second-order valence-corrected chi connectivity index (χ2v) is 5.31. The minimum absolute atomic E-state index is 0.110. The van der Waals surface area contributed by atoms with Gasteiger partial charge in [0.15, 0.2) is 0 Å². The van der Waals surface area contributed by atoms with Crippen molar-refractivity contribution in [1.82, 2.24) is 0 Å². The topological polar surface area (TPSA) is 74.2 Å². The van der Waals surface area contributed by atoms with E-state index in [4.69, 9.17) is 9.68 Å². The number of fused-ring (bicyclic) bond motifs is 1. The molecule has 0 saturated heterocycles. The van der Waals surface area contributed by atoms with Gasteiger partial charge in [-0.1, -0.05) is 25.1 Å². The fourth-order valence-corrected chi connectivity index (χ4v) is 2.81. The van der Waals surface area contributed by atoms with Crippen LogP contribution in [0.25, 0.3) is 22.1 Å². The number of nitriles is 1. The van der Waals surface area contributed by atoms with Crippen molar-refractivity contribution in [2.75, 3.05) is 0 Å². The zero-order valence-electron chi connectivity index (χ0n) is 12.7. The van der Waals surface area contributed by atoms with Crippen molar-refractivity contribution in [2.24, 2.45) is 0 Å². The lowest BCUT2D eigenvalue weighted by Gasteiger charge is -2.12. The summed E-state index contributed by atoms with van der Waals surface area (Å²) in [4.78, 5) is 12.4. The molecular formula is C19H15NO3. The second kappa shape index (κ2) is 5.98. The molecule has 23 heavy (non-hydrogen) atoms. The maximum Gasteiger partial charge on any atom is 0.344 e. The van der Waals surface area contributed by atoms with Crippen LogP contribution < -0.4 is 5.63 Å². The van der Waals surface area contributed by atoms with Crippen LogP contribution in [0.5, 0.6) is 5.75 Å². The van der Waals surface area contributed by atoms with Gasteiger partial charge >= 0.3 is 5.63 Å². The maximum atomic E-state index is 12.4. The molecule has 0 spiro atoms. The average Bonchev–Trinajstić information content (AvgIpc) is 2.55. The number of hydrogen-bond donors (Lipinski definition) is 1. The van der Waals surface area contributed by atoms with Crippen molar-refractivity contribution < 1.29 is 9.52 Å². The second-order valence-electron chi connectivity index (χ2n) is 5.31. The number of rotatable bonds is 3. The normalized spacial score (nSPS) is 10.6. The van der Waals surface area contributed by atoms with E-state index < -0.39 is 5.63 Å². The molecule has 0 aliphatic heterocycles. The van der Waals surface area contributed by atoms with Crippen molar-refractivity contribution in [3.8, 4) is 22.9 Å². The largest absolute Gasteiger partial charge is 0.508 e. The molecule has 4 heteroatoms. The molecule has 3 rings (SSSR count). The molecule has 3 aromatic rings. The van der Waals surface area contributed by atoms with Gasteiger partial charge in [0.05, 0.1) is 18.1 Å². The lowest BCUT2D eigenvalue weighted by molar-refractivity contribution is 0.475. The van der Waals surface area contributed by atoms with Crippen LogP contribution in [0.4, 0.5) is 0 Å². The van der Waals surface area contributed by atoms with Crippen LogP contribution in [0.1, 0.15) is 18.1 Å². The summed E-state index contributed by atoms with van der Waals surface area (Å²) < 4.78 is 5.39. The molecule has 0 saturated carbocycles. The van der Waals surface area contributed by atoms with Crippen molar-refractivity contribution in [2.45, 2.75) is 19.8 Å². The molecule has 1 heterocycles. The van der Waals surface area contributed by atoms with Crippen LogP contribution in [0, 0.1) is 11.3 Å². The van der Waals surface area contributed by atoms with Crippen LogP contribution in [0.2, 0.25) is 0 Å². The molecule has 0 amide bonds. The molecule has 1 N–H and O–H groups in total. The Morgan fingerprint density at radius 2 is 1.96 bits per heavy atom. The lowest BCUT2D eigenvalue weighted by Crippen LogP contribution is -2.06. The van der Waals surface area contributed by atoms with Crippen LogP contribution in [0.15, 0.2) is 51.7 Å². The van der Waals surface area contributed by atoms with Gasteiger partial charge in [-0.3, -0.25) is 0 Å². The first kappa shape index (κ1) is 14.9. The highest BCUT2D eigenvalue weighted by Gasteiger charge is 2.15. The third-order valence-corrected chi connectivity index (χ3v) is 3.87. The van der Waals surface area contributed by atoms with E-state index in [2.05, 4.69) is 6.07 Å². The number of nitrogens with zero attached hydrogens (tertiary/aromatic N) is 1. The van der Waals surface area contributed by atoms with Gasteiger partial charge in [0, 0.05) is 5.39 Å². The molecule has 0 atom stereocenters. The lowest BCUT2D eigenvalue weighted by atomic mass is 9.92. The third-order valence-electron chi connectivity index (χ3n) is 3.87. The summed E-state index contributed by atoms with van der Waals surface area (Å²) in [7, 11) is 0. The standard InChI is InChI=1S/C19H15NO3/c1-2-12-4-3-5-13(8-9-20)18(12)16-11-14-10-15(21)6-7-17(14)23-19(16)22/h3-7,10-11,21H,2,8H2,1H3. The molecule has 4 nitrogen and oxygen atoms in total. The van der Waals surface area contributed by atoms with Crippen molar-refractivity contribution in [1.29, 1.82) is 5.26 Å². The number of aryl methyl sites for hydroxylation is 1. The summed E-state index contributed by atoms with van der Waals surface area (Å²) in [6.45, 7) is 2.00. The summed E-state index contributed by atoms with van der Waals surface area (Å²) in [6.07, 6.45) is 0.965. The Bertz CT molecular complexity index is 980. The Morgan fingerprint density at radius 3 is 2.70 bits per heavy atom. The van der Waals surface area contributed by atoms with Crippen LogP contribution >= 0.6 is 0 Å². The van der Waals surface area contributed by atoms with Crippen LogP contribution in [0.3, 0.4) is 0 Å². The predicted molar refractivity (Wildman–Crippen MR) is 88.3 cm³/mol. The molecular weight excluding hydrogens is 290 g/mol. The summed E-state index contributed by atoms with van der Waals surface area (Å²) in [5, 5.41) is 19.3. The number of benzene rings is 2. The van der Waals surface area contributed by atoms with Gasteiger partial charge in [0.2, 0.25) is 0 Å². The molecule has 2 aromatic carbocycles. The van der Waals surface area contributed by atoms with Gasteiger partial charge in [0.25, 0.3) is 0 Å². The van der Waals surface area contributed by atoms with Gasteiger partial charge < -0.3 is 9.52 Å². The third kappa shape index (κ3) is 2.69. The average molecular weight is 305 g/mol. The predicted octanol–water partition coefficient (Wildman–Crippen LogP) is 3.79. The fraction of sp³-hybridized carbons (Fsp3) is 0.158. The van der Waals surface area contributed by atoms with E-state index in [-0.39, 0.29) is 12.2 Å². The summed E-state index contributed by atoms with van der Waals surface area (Å²) in [5.41, 5.74) is 2.96. The van der Waals surface area contributed by atoms with E-state index in [1.807, 2.05) is 25.1 Å². The number of hydrogen-bond acceptors (Lipinski definition) is 4. The van der Waals surface area contributed by atoms with E-state index in [0.717, 1.165) is 23.1 Å². The molecule has 114 valence electrons. The molecule has 0 aliphatic rings. The highest BCUT2D eigenvalue weighted by Crippen LogP contribution is 2.29. The molecule has 0 aliphatic carbocycles. The Kier molecular flexibility index (Phi) is 3.86. The summed E-state index contributed by atoms with van der Waals surface area (Å²) in [5.74, 6) is 0.110. The maximum absolute atomic E-state index is 12.4. The Labute approximate surface area is 133 Å². The zero-order valence-corrected chi connectivity index (χ0v) is 12.7. The van der Waals surface area contributed by atoms with Gasteiger partial charge in [-0.2, -0.15) is 5.26 Å². The molecule has 0 radical (unpaired) electrons. The fourth-order valence-electron chi connectivity index (χ4n) is 2.81. The first-order chi connectivity index (χ1) is 11.1. The van der Waals surface area contributed by atoms with Gasteiger partial charge in [-0.25, -0.2) is 4.79 Å². The van der Waals surface area contributed by atoms with Gasteiger partial charge in [-0.15, -0.1) is 0 Å². The first-order valence-electron chi connectivity index (χ1n) is 7.39. The Balaban J connectivity index is 2.34. The number of aromatic hydroxyl groups is 1. The van der Waals surface area contributed by atoms with Gasteiger partial charge in [0.1, 0.15) is 11.3 Å². The van der Waals surface area contributed by atoms with Crippen LogP contribution in [-0.2, 0) is 12.8 Å². The van der Waals surface area contributed by atoms with Crippen molar-refractivity contribution in [3.05, 3.63) is 64.0 Å². The number of phenolic OH excluding ortho intramolecular Hbond substituents is 1. The summed E-state index contributed by atoms with van der Waals surface area (Å²) in [6, 6.07) is 14.1. The molecule has 0 bridgehead atoms. The monoisotopic (exact) mass is 305 g/mol. The van der Waals surface area contributed by atoms with Crippen LogP contribution in [-0.4, -0.2) is 5.11 Å². The molecule has 1 aromatic heterocycles. The highest BCUT2D eigenvalue weighted by atomic mass is 16.4. The van der Waals surface area contributed by atoms with E-state index >= 15 is 0 Å². The quantitative estimate of drug-likeness (QED) is 0.747. The Hall–Kier alpha value is -3.06. The first-order valence-corrected chi connectivity index (χ1v) is 7.39. The Morgan fingerprint density at radius 1 is 1.17 bits per heavy atom. The van der Waals surface area contributed by atoms with E-state index in [0.29, 0.717) is 16.5 Å². The SMILES string of the molecule is CCc1cccc(CC#N)c1-c1cc2cc(O)ccc2oc1=O. The highest BCUT2D eigenvalue weighted by molar-refractivity contribution is 5.84. The van der Waals surface area contributed by atoms with Crippen molar-refractivity contribution in [3.63, 3.8) is 0 Å². The molecule has 0 unspecified atom stereocenters.